The molecular formula is C25H23FN2O4. The molecule has 0 bridgehead atoms. The number of halogens is 1. The minimum Gasteiger partial charge on any atom is -0.422 e. The van der Waals surface area contributed by atoms with Gasteiger partial charge in [0.15, 0.2) is 0 Å². The highest BCUT2D eigenvalue weighted by Gasteiger charge is 2.38. The summed E-state index contributed by atoms with van der Waals surface area (Å²) < 4.78 is 19.9. The van der Waals surface area contributed by atoms with Gasteiger partial charge in [0, 0.05) is 31.6 Å². The van der Waals surface area contributed by atoms with E-state index >= 15 is 0 Å². The number of amides is 2. The molecule has 2 aromatic carbocycles. The molecule has 2 fully saturated rings. The van der Waals surface area contributed by atoms with Crippen molar-refractivity contribution in [2.75, 3.05) is 20.1 Å². The molecule has 2 aromatic rings. The van der Waals surface area contributed by atoms with Crippen molar-refractivity contribution >= 4 is 29.6 Å². The van der Waals surface area contributed by atoms with E-state index in [9.17, 15) is 18.8 Å². The zero-order valence-corrected chi connectivity index (χ0v) is 17.7. The zero-order chi connectivity index (χ0) is 22.4. The Morgan fingerprint density at radius 2 is 1.88 bits per heavy atom. The number of fused-ring (bicyclic) bond motifs is 1. The number of likely N-dealkylation sites (N-methyl/N-ethyl adjacent to an activating group) is 1. The number of hydrogen-bond acceptors (Lipinski definition) is 4. The minimum absolute atomic E-state index is 0.0335. The molecule has 164 valence electrons. The lowest BCUT2D eigenvalue weighted by atomic mass is 10.0. The van der Waals surface area contributed by atoms with Gasteiger partial charge in [-0.25, -0.2) is 9.18 Å². The molecule has 1 unspecified atom stereocenters. The van der Waals surface area contributed by atoms with Gasteiger partial charge in [-0.05, 0) is 49.1 Å². The van der Waals surface area contributed by atoms with Crippen LogP contribution in [0, 0.1) is 11.7 Å². The van der Waals surface area contributed by atoms with Crippen LogP contribution in [-0.4, -0.2) is 53.8 Å². The second kappa shape index (κ2) is 7.89. The van der Waals surface area contributed by atoms with E-state index in [1.54, 1.807) is 47.2 Å². The Hall–Kier alpha value is -3.48. The van der Waals surface area contributed by atoms with Gasteiger partial charge in [0.25, 0.3) is 5.91 Å². The smallest absolute Gasteiger partial charge is 0.344 e. The van der Waals surface area contributed by atoms with E-state index in [0.717, 1.165) is 12.8 Å². The number of nitrogens with zero attached hydrogens (tertiary/aromatic N) is 2. The highest BCUT2D eigenvalue weighted by atomic mass is 19.1. The molecule has 0 aromatic heterocycles. The number of carbonyl (C=O) groups excluding carboxylic acids is 3. The summed E-state index contributed by atoms with van der Waals surface area (Å²) in [6.07, 6.45) is 4.19. The fourth-order valence-electron chi connectivity index (χ4n) is 4.35. The first-order valence-corrected chi connectivity index (χ1v) is 10.8. The minimum atomic E-state index is -0.605. The number of esters is 1. The first kappa shape index (κ1) is 20.4. The first-order valence-electron chi connectivity index (χ1n) is 10.8. The van der Waals surface area contributed by atoms with Gasteiger partial charge in [-0.3, -0.25) is 9.59 Å². The summed E-state index contributed by atoms with van der Waals surface area (Å²) in [7, 11) is 1.79. The van der Waals surface area contributed by atoms with Crippen LogP contribution in [0.3, 0.4) is 0 Å². The summed E-state index contributed by atoms with van der Waals surface area (Å²) in [5.41, 5.74) is 1.67. The lowest BCUT2D eigenvalue weighted by Crippen LogP contribution is -2.40. The van der Waals surface area contributed by atoms with Gasteiger partial charge in [0.2, 0.25) is 5.91 Å². The quantitative estimate of drug-likeness (QED) is 0.690. The number of rotatable bonds is 4. The van der Waals surface area contributed by atoms with Gasteiger partial charge in [-0.15, -0.1) is 0 Å². The van der Waals surface area contributed by atoms with E-state index < -0.39 is 17.7 Å². The van der Waals surface area contributed by atoms with Gasteiger partial charge >= 0.3 is 5.97 Å². The summed E-state index contributed by atoms with van der Waals surface area (Å²) in [5, 5.41) is 0. The van der Waals surface area contributed by atoms with Crippen molar-refractivity contribution in [3.05, 3.63) is 70.5 Å². The van der Waals surface area contributed by atoms with Crippen molar-refractivity contribution in [2.24, 2.45) is 5.92 Å². The van der Waals surface area contributed by atoms with E-state index in [4.69, 9.17) is 4.74 Å². The Labute approximate surface area is 185 Å². The Balaban J connectivity index is 1.35. The van der Waals surface area contributed by atoms with Crippen molar-refractivity contribution in [3.63, 3.8) is 0 Å². The lowest BCUT2D eigenvalue weighted by molar-refractivity contribution is -0.133. The molecule has 0 radical (unpaired) electrons. The van der Waals surface area contributed by atoms with Crippen LogP contribution in [-0.2, 0) is 9.53 Å². The largest absolute Gasteiger partial charge is 0.422 e. The molecule has 7 heteroatoms. The fourth-order valence-corrected chi connectivity index (χ4v) is 4.35. The molecule has 32 heavy (non-hydrogen) atoms. The van der Waals surface area contributed by atoms with Gasteiger partial charge in [-0.2, -0.15) is 0 Å². The molecule has 1 saturated heterocycles. The number of hydrogen-bond donors (Lipinski definition) is 0. The molecule has 2 amide bonds. The Kier molecular flexibility index (Phi) is 5.04. The zero-order valence-electron chi connectivity index (χ0n) is 17.7. The molecule has 5 rings (SSSR count). The normalized spacial score (nSPS) is 20.9. The van der Waals surface area contributed by atoms with E-state index in [0.29, 0.717) is 42.0 Å². The Bertz CT molecular complexity index is 1150. The Morgan fingerprint density at radius 3 is 2.62 bits per heavy atom. The molecule has 1 saturated carbocycles. The third kappa shape index (κ3) is 3.68. The number of carbonyl (C=O) groups is 3. The molecule has 3 aliphatic rings. The molecule has 6 nitrogen and oxygen atoms in total. The highest BCUT2D eigenvalue weighted by molar-refractivity contribution is 6.06. The SMILES string of the molecule is CN(C(=O)C1CC1)C1CCN(C(=O)c2cc(C=C3OC(=O)c4ccccc43)ccc2F)C1. The van der Waals surface area contributed by atoms with Crippen LogP contribution in [0.1, 0.15) is 51.1 Å². The molecule has 2 heterocycles. The summed E-state index contributed by atoms with van der Waals surface area (Å²) in [6.45, 7) is 0.866. The summed E-state index contributed by atoms with van der Waals surface area (Å²) in [4.78, 5) is 40.8. The Morgan fingerprint density at radius 1 is 1.12 bits per heavy atom. The molecular weight excluding hydrogens is 411 g/mol. The van der Waals surface area contributed by atoms with Gasteiger partial charge in [0.1, 0.15) is 11.6 Å². The molecule has 0 N–H and O–H groups in total. The van der Waals surface area contributed by atoms with Crippen LogP contribution < -0.4 is 0 Å². The number of likely N-dealkylation sites (tertiary alicyclic amines) is 1. The van der Waals surface area contributed by atoms with E-state index in [2.05, 4.69) is 0 Å². The number of benzene rings is 2. The van der Waals surface area contributed by atoms with Gasteiger partial charge in [0.05, 0.1) is 17.2 Å². The highest BCUT2D eigenvalue weighted by Crippen LogP contribution is 2.33. The maximum absolute atomic E-state index is 14.6. The third-order valence-corrected chi connectivity index (χ3v) is 6.41. The predicted octanol–water partition coefficient (Wildman–Crippen LogP) is 3.58. The predicted molar refractivity (Wildman–Crippen MR) is 116 cm³/mol. The van der Waals surface area contributed by atoms with E-state index in [-0.39, 0.29) is 23.4 Å². The maximum atomic E-state index is 14.6. The topological polar surface area (TPSA) is 66.9 Å². The van der Waals surface area contributed by atoms with Crippen molar-refractivity contribution in [1.29, 1.82) is 0 Å². The van der Waals surface area contributed by atoms with E-state index in [1.807, 2.05) is 6.07 Å². The number of cyclic esters (lactones) is 1. The molecule has 1 atom stereocenters. The second-order valence-electron chi connectivity index (χ2n) is 8.60. The van der Waals surface area contributed by atoms with Crippen LogP contribution >= 0.6 is 0 Å². The lowest BCUT2D eigenvalue weighted by Gasteiger charge is -2.25. The van der Waals surface area contributed by atoms with Crippen LogP contribution in [0.5, 0.6) is 0 Å². The average molecular weight is 434 g/mol. The summed E-state index contributed by atoms with van der Waals surface area (Å²) in [6, 6.07) is 11.3. The molecule has 2 aliphatic heterocycles. The van der Waals surface area contributed by atoms with Gasteiger partial charge < -0.3 is 14.5 Å². The van der Waals surface area contributed by atoms with E-state index in [1.165, 1.54) is 12.1 Å². The van der Waals surface area contributed by atoms with Crippen molar-refractivity contribution < 1.29 is 23.5 Å². The average Bonchev–Trinajstić information content (AvgIpc) is 3.45. The molecule has 1 aliphatic carbocycles. The van der Waals surface area contributed by atoms with Crippen LogP contribution in [0.15, 0.2) is 42.5 Å². The van der Waals surface area contributed by atoms with Crippen molar-refractivity contribution in [1.82, 2.24) is 9.80 Å². The maximum Gasteiger partial charge on any atom is 0.344 e. The first-order chi connectivity index (χ1) is 15.4. The molecule has 0 spiro atoms. The standard InChI is InChI=1S/C25H23FN2O4/c1-27(23(29)16-7-8-16)17-10-11-28(14-17)24(30)20-12-15(6-9-21(20)26)13-22-18-4-2-3-5-19(18)25(31)32-22/h2-6,9,12-13,16-17H,7-8,10-11,14H2,1H3. The van der Waals surface area contributed by atoms with Crippen LogP contribution in [0.4, 0.5) is 4.39 Å². The number of ether oxygens (including phenoxy) is 1. The van der Waals surface area contributed by atoms with Crippen molar-refractivity contribution in [2.45, 2.75) is 25.3 Å². The van der Waals surface area contributed by atoms with Gasteiger partial charge in [-0.1, -0.05) is 24.3 Å². The monoisotopic (exact) mass is 434 g/mol. The van der Waals surface area contributed by atoms with Crippen LogP contribution in [0.2, 0.25) is 0 Å². The van der Waals surface area contributed by atoms with Crippen LogP contribution in [0.25, 0.3) is 11.8 Å². The summed E-state index contributed by atoms with van der Waals surface area (Å²) in [5.74, 6) is -0.805. The third-order valence-electron chi connectivity index (χ3n) is 6.41. The fraction of sp³-hybridized carbons (Fsp3) is 0.320. The second-order valence-corrected chi connectivity index (χ2v) is 8.60. The van der Waals surface area contributed by atoms with Crippen molar-refractivity contribution in [3.8, 4) is 0 Å². The summed E-state index contributed by atoms with van der Waals surface area (Å²) >= 11 is 0.